The topological polar surface area (TPSA) is 56.4 Å². The number of carbonyl (C=O) groups excluding carboxylic acids is 2. The summed E-state index contributed by atoms with van der Waals surface area (Å²) in [5, 5.41) is 1.56. The van der Waals surface area contributed by atoms with E-state index in [9.17, 15) is 9.59 Å². The Morgan fingerprint density at radius 2 is 1.54 bits per heavy atom. The van der Waals surface area contributed by atoms with Crippen molar-refractivity contribution in [1.29, 1.82) is 0 Å². The Hall–Kier alpha value is -2.79. The smallest absolute Gasteiger partial charge is 0.270 e. The molecular formula is C20H18ClN3O2. The Balaban J connectivity index is 1.43. The van der Waals surface area contributed by atoms with Crippen LogP contribution in [0.2, 0.25) is 5.02 Å². The van der Waals surface area contributed by atoms with Crippen molar-refractivity contribution in [3.05, 3.63) is 70.9 Å². The number of halogens is 1. The molecule has 0 atom stereocenters. The minimum absolute atomic E-state index is 0.0314. The lowest BCUT2D eigenvalue weighted by Crippen LogP contribution is -2.50. The normalized spacial score (nSPS) is 14.7. The van der Waals surface area contributed by atoms with Crippen LogP contribution in [0.4, 0.5) is 0 Å². The van der Waals surface area contributed by atoms with Crippen LogP contribution in [-0.4, -0.2) is 52.8 Å². The summed E-state index contributed by atoms with van der Waals surface area (Å²) in [7, 11) is 0. The lowest BCUT2D eigenvalue weighted by Gasteiger charge is -2.34. The van der Waals surface area contributed by atoms with Crippen LogP contribution in [0.25, 0.3) is 10.9 Å². The molecule has 1 fully saturated rings. The summed E-state index contributed by atoms with van der Waals surface area (Å²) in [6, 6.07) is 16.6. The van der Waals surface area contributed by atoms with Gasteiger partial charge in [0, 0.05) is 47.7 Å². The predicted molar refractivity (Wildman–Crippen MR) is 102 cm³/mol. The van der Waals surface area contributed by atoms with Gasteiger partial charge >= 0.3 is 0 Å². The van der Waals surface area contributed by atoms with E-state index in [0.29, 0.717) is 42.5 Å². The molecule has 3 aromatic rings. The minimum Gasteiger partial charge on any atom is -0.351 e. The summed E-state index contributed by atoms with van der Waals surface area (Å²) >= 11 is 5.97. The Bertz CT molecular complexity index is 941. The Kier molecular flexibility index (Phi) is 4.39. The van der Waals surface area contributed by atoms with E-state index < -0.39 is 0 Å². The second-order valence-corrected chi connectivity index (χ2v) is 6.80. The number of H-pyrrole nitrogens is 1. The van der Waals surface area contributed by atoms with Gasteiger partial charge in [-0.2, -0.15) is 0 Å². The Morgan fingerprint density at radius 1 is 0.846 bits per heavy atom. The molecule has 1 N–H and O–H groups in total. The maximum atomic E-state index is 12.7. The second-order valence-electron chi connectivity index (χ2n) is 6.37. The molecule has 6 heteroatoms. The van der Waals surface area contributed by atoms with Crippen molar-refractivity contribution in [1.82, 2.24) is 14.8 Å². The fraction of sp³-hybridized carbons (Fsp3) is 0.200. The molecule has 0 bridgehead atoms. The monoisotopic (exact) mass is 367 g/mol. The van der Waals surface area contributed by atoms with Gasteiger partial charge in [0.2, 0.25) is 0 Å². The van der Waals surface area contributed by atoms with Gasteiger partial charge in [-0.3, -0.25) is 9.59 Å². The standard InChI is InChI=1S/C20H18ClN3O2/c21-16-6-3-5-15(12-16)19(25)23-8-10-24(11-9-23)20(26)18-13-14-4-1-2-7-17(14)22-18/h1-7,12-13,22H,8-11H2. The van der Waals surface area contributed by atoms with Gasteiger partial charge in [0.15, 0.2) is 0 Å². The molecule has 0 aliphatic carbocycles. The van der Waals surface area contributed by atoms with Gasteiger partial charge in [0.25, 0.3) is 11.8 Å². The molecule has 26 heavy (non-hydrogen) atoms. The third-order valence-corrected chi connectivity index (χ3v) is 4.92. The molecule has 0 unspecified atom stereocenters. The van der Waals surface area contributed by atoms with Crippen molar-refractivity contribution < 1.29 is 9.59 Å². The first-order valence-electron chi connectivity index (χ1n) is 8.54. The molecule has 2 heterocycles. The number of piperazine rings is 1. The molecule has 2 amide bonds. The molecule has 1 aromatic heterocycles. The van der Waals surface area contributed by atoms with Gasteiger partial charge in [-0.25, -0.2) is 0 Å². The third kappa shape index (κ3) is 3.18. The highest BCUT2D eigenvalue weighted by Crippen LogP contribution is 2.18. The number of aromatic nitrogens is 1. The molecule has 5 nitrogen and oxygen atoms in total. The van der Waals surface area contributed by atoms with Gasteiger partial charge in [-0.05, 0) is 30.3 Å². The van der Waals surface area contributed by atoms with Crippen LogP contribution in [-0.2, 0) is 0 Å². The SMILES string of the molecule is O=C(c1cccc(Cl)c1)N1CCN(C(=O)c2cc3ccccc3[nH]2)CC1. The minimum atomic E-state index is -0.0507. The number of para-hydroxylation sites is 1. The first kappa shape index (κ1) is 16.7. The van der Waals surface area contributed by atoms with Crippen molar-refractivity contribution >= 4 is 34.3 Å². The van der Waals surface area contributed by atoms with Gasteiger partial charge in [-0.1, -0.05) is 35.9 Å². The number of aromatic amines is 1. The maximum absolute atomic E-state index is 12.7. The lowest BCUT2D eigenvalue weighted by molar-refractivity contribution is 0.0533. The third-order valence-electron chi connectivity index (χ3n) is 4.69. The first-order valence-corrected chi connectivity index (χ1v) is 8.91. The van der Waals surface area contributed by atoms with E-state index in [1.807, 2.05) is 30.3 Å². The second kappa shape index (κ2) is 6.84. The van der Waals surface area contributed by atoms with Crippen LogP contribution >= 0.6 is 11.6 Å². The summed E-state index contributed by atoms with van der Waals surface area (Å²) in [4.78, 5) is 32.0. The number of nitrogens with one attached hydrogen (secondary N) is 1. The molecule has 0 radical (unpaired) electrons. The van der Waals surface area contributed by atoms with Crippen LogP contribution in [0, 0.1) is 0 Å². The predicted octanol–water partition coefficient (Wildman–Crippen LogP) is 3.42. The summed E-state index contributed by atoms with van der Waals surface area (Å²) in [6.07, 6.45) is 0. The lowest BCUT2D eigenvalue weighted by atomic mass is 10.1. The number of rotatable bonds is 2. The van der Waals surface area contributed by atoms with Gasteiger partial charge in [0.1, 0.15) is 5.69 Å². The highest BCUT2D eigenvalue weighted by molar-refractivity contribution is 6.30. The summed E-state index contributed by atoms with van der Waals surface area (Å²) in [5.74, 6) is -0.0822. The van der Waals surface area contributed by atoms with E-state index in [4.69, 9.17) is 11.6 Å². The van der Waals surface area contributed by atoms with Crippen molar-refractivity contribution in [2.24, 2.45) is 0 Å². The van der Waals surface area contributed by atoms with Crippen molar-refractivity contribution in [3.63, 3.8) is 0 Å². The van der Waals surface area contributed by atoms with Gasteiger partial charge in [-0.15, -0.1) is 0 Å². The molecule has 0 spiro atoms. The number of nitrogens with zero attached hydrogens (tertiary/aromatic N) is 2. The van der Waals surface area contributed by atoms with E-state index in [0.717, 1.165) is 10.9 Å². The van der Waals surface area contributed by atoms with E-state index >= 15 is 0 Å². The average molecular weight is 368 g/mol. The zero-order valence-corrected chi connectivity index (χ0v) is 14.9. The Labute approximate surface area is 156 Å². The largest absolute Gasteiger partial charge is 0.351 e. The number of fused-ring (bicyclic) bond motifs is 1. The number of benzene rings is 2. The summed E-state index contributed by atoms with van der Waals surface area (Å²) in [5.41, 5.74) is 2.11. The van der Waals surface area contributed by atoms with E-state index in [1.165, 1.54) is 0 Å². The van der Waals surface area contributed by atoms with Crippen molar-refractivity contribution in [3.8, 4) is 0 Å². The highest BCUT2D eigenvalue weighted by atomic mass is 35.5. The fourth-order valence-corrected chi connectivity index (χ4v) is 3.47. The van der Waals surface area contributed by atoms with Crippen molar-refractivity contribution in [2.75, 3.05) is 26.2 Å². The zero-order valence-electron chi connectivity index (χ0n) is 14.1. The highest BCUT2D eigenvalue weighted by Gasteiger charge is 2.26. The fourth-order valence-electron chi connectivity index (χ4n) is 3.28. The molecule has 2 aromatic carbocycles. The van der Waals surface area contributed by atoms with Crippen LogP contribution in [0.1, 0.15) is 20.8 Å². The average Bonchev–Trinajstić information content (AvgIpc) is 3.11. The number of hydrogen-bond acceptors (Lipinski definition) is 2. The number of carbonyl (C=O) groups is 2. The molecule has 1 aliphatic rings. The zero-order chi connectivity index (χ0) is 18.1. The molecule has 0 saturated carbocycles. The van der Waals surface area contributed by atoms with E-state index in [-0.39, 0.29) is 11.8 Å². The van der Waals surface area contributed by atoms with E-state index in [1.54, 1.807) is 34.1 Å². The molecule has 1 aliphatic heterocycles. The summed E-state index contributed by atoms with van der Waals surface area (Å²) < 4.78 is 0. The molecule has 4 rings (SSSR count). The quantitative estimate of drug-likeness (QED) is 0.754. The first-order chi connectivity index (χ1) is 12.6. The van der Waals surface area contributed by atoms with Crippen LogP contribution in [0.15, 0.2) is 54.6 Å². The maximum Gasteiger partial charge on any atom is 0.270 e. The van der Waals surface area contributed by atoms with E-state index in [2.05, 4.69) is 4.98 Å². The summed E-state index contributed by atoms with van der Waals surface area (Å²) in [6.45, 7) is 2.05. The van der Waals surface area contributed by atoms with Crippen molar-refractivity contribution in [2.45, 2.75) is 0 Å². The number of amides is 2. The molecule has 1 saturated heterocycles. The van der Waals surface area contributed by atoms with Crippen LogP contribution < -0.4 is 0 Å². The Morgan fingerprint density at radius 3 is 2.23 bits per heavy atom. The molecule has 132 valence electrons. The number of hydrogen-bond donors (Lipinski definition) is 1. The van der Waals surface area contributed by atoms with Gasteiger partial charge < -0.3 is 14.8 Å². The van der Waals surface area contributed by atoms with Crippen LogP contribution in [0.3, 0.4) is 0 Å². The molecular weight excluding hydrogens is 350 g/mol. The van der Waals surface area contributed by atoms with Gasteiger partial charge in [0.05, 0.1) is 0 Å². The van der Waals surface area contributed by atoms with Crippen LogP contribution in [0.5, 0.6) is 0 Å².